The van der Waals surface area contributed by atoms with E-state index in [4.69, 9.17) is 28.3 Å². The monoisotopic (exact) mass is 438 g/mol. The zero-order valence-electron chi connectivity index (χ0n) is 14.5. The molecule has 3 aromatic rings. The van der Waals surface area contributed by atoms with Gasteiger partial charge in [-0.25, -0.2) is 18.5 Å². The van der Waals surface area contributed by atoms with Crippen molar-refractivity contribution in [2.24, 2.45) is 5.14 Å². The number of nitrogens with one attached hydrogen (secondary N) is 1. The van der Waals surface area contributed by atoms with E-state index in [-0.39, 0.29) is 21.3 Å². The van der Waals surface area contributed by atoms with Crippen LogP contribution in [-0.2, 0) is 10.0 Å². The van der Waals surface area contributed by atoms with E-state index in [9.17, 15) is 13.2 Å². The van der Waals surface area contributed by atoms with Gasteiger partial charge in [-0.15, -0.1) is 0 Å². The Balaban J connectivity index is 2.10. The first-order valence-corrected chi connectivity index (χ1v) is 10.8. The van der Waals surface area contributed by atoms with Gasteiger partial charge in [0, 0.05) is 0 Å². The third-order valence-corrected chi connectivity index (χ3v) is 6.26. The fourth-order valence-electron chi connectivity index (χ4n) is 3.42. The first-order chi connectivity index (χ1) is 13.3. The highest BCUT2D eigenvalue weighted by molar-refractivity contribution is 7.89. The minimum Gasteiger partial charge on any atom is -0.307 e. The Kier molecular flexibility index (Phi) is 4.93. The maximum atomic E-state index is 13.4. The van der Waals surface area contributed by atoms with Gasteiger partial charge in [0.2, 0.25) is 10.0 Å². The van der Waals surface area contributed by atoms with E-state index in [1.165, 1.54) is 28.8 Å². The summed E-state index contributed by atoms with van der Waals surface area (Å²) in [5.41, 5.74) is 0.236. The Hall–Kier alpha value is -1.97. The second-order valence-electron chi connectivity index (χ2n) is 6.55. The molecule has 146 valence electrons. The van der Waals surface area contributed by atoms with E-state index in [2.05, 4.69) is 10.3 Å². The van der Waals surface area contributed by atoms with Crippen LogP contribution in [0.3, 0.4) is 0 Å². The van der Waals surface area contributed by atoms with Gasteiger partial charge in [-0.2, -0.15) is 0 Å². The van der Waals surface area contributed by atoms with Gasteiger partial charge in [-0.1, -0.05) is 29.3 Å². The number of nitrogens with zero attached hydrogens (tertiary/aromatic N) is 2. The van der Waals surface area contributed by atoms with Crippen LogP contribution in [0.1, 0.15) is 24.7 Å². The van der Waals surface area contributed by atoms with E-state index < -0.39 is 15.6 Å². The molecule has 0 spiro atoms. The number of hydrogen-bond donors (Lipinski definition) is 2. The van der Waals surface area contributed by atoms with Crippen LogP contribution in [0, 0.1) is 0 Å². The molecule has 1 aliphatic rings. The Morgan fingerprint density at radius 1 is 1.18 bits per heavy atom. The van der Waals surface area contributed by atoms with Crippen molar-refractivity contribution >= 4 is 44.1 Å². The van der Waals surface area contributed by atoms with Crippen molar-refractivity contribution in [3.8, 4) is 5.69 Å². The van der Waals surface area contributed by atoms with Crippen molar-refractivity contribution in [3.05, 3.63) is 62.6 Å². The third-order valence-electron chi connectivity index (χ3n) is 4.73. The Morgan fingerprint density at radius 2 is 1.93 bits per heavy atom. The van der Waals surface area contributed by atoms with Gasteiger partial charge in [0.05, 0.1) is 37.6 Å². The zero-order chi connectivity index (χ0) is 20.1. The molecule has 28 heavy (non-hydrogen) atoms. The highest BCUT2D eigenvalue weighted by atomic mass is 35.5. The van der Waals surface area contributed by atoms with Crippen molar-refractivity contribution in [2.75, 3.05) is 6.54 Å². The molecule has 0 bridgehead atoms. The number of benzene rings is 2. The van der Waals surface area contributed by atoms with Crippen LogP contribution in [0.5, 0.6) is 0 Å². The summed E-state index contributed by atoms with van der Waals surface area (Å²) < 4.78 is 24.9. The second-order valence-corrected chi connectivity index (χ2v) is 8.93. The lowest BCUT2D eigenvalue weighted by Crippen LogP contribution is -2.29. The summed E-state index contributed by atoms with van der Waals surface area (Å²) in [7, 11) is -3.93. The number of sulfonamides is 1. The van der Waals surface area contributed by atoms with Crippen LogP contribution in [0.25, 0.3) is 16.6 Å². The first kappa shape index (κ1) is 19.4. The molecule has 2 aromatic carbocycles. The Bertz CT molecular complexity index is 1250. The lowest BCUT2D eigenvalue weighted by atomic mass is 10.1. The summed E-state index contributed by atoms with van der Waals surface area (Å²) in [6.07, 6.45) is 1.71. The number of primary sulfonamides is 1. The number of aromatic nitrogens is 2. The van der Waals surface area contributed by atoms with Gasteiger partial charge < -0.3 is 5.32 Å². The average Bonchev–Trinajstić information content (AvgIpc) is 3.18. The molecule has 4 rings (SSSR count). The van der Waals surface area contributed by atoms with E-state index in [0.29, 0.717) is 22.1 Å². The van der Waals surface area contributed by atoms with Crippen molar-refractivity contribution in [1.82, 2.24) is 14.9 Å². The van der Waals surface area contributed by atoms with Crippen LogP contribution in [0.15, 0.2) is 46.1 Å². The lowest BCUT2D eigenvalue weighted by molar-refractivity contribution is 0.583. The Labute approximate surface area is 171 Å². The fraction of sp³-hybridized carbons (Fsp3) is 0.222. The van der Waals surface area contributed by atoms with Crippen LogP contribution in [0.4, 0.5) is 0 Å². The standard InChI is InChI=1S/C18H16Cl2N4O3S/c19-12-6-7-13(20)16-15(12)18(25)24(17(23-16)14-5-2-8-22-14)10-3-1-4-11(9-10)28(21,26)27/h1,3-4,6-7,9,14,22H,2,5,8H2,(H2,21,26,27)/t14-/m0/s1. The minimum absolute atomic E-state index is 0.0977. The summed E-state index contributed by atoms with van der Waals surface area (Å²) in [4.78, 5) is 18.0. The zero-order valence-corrected chi connectivity index (χ0v) is 16.9. The van der Waals surface area contributed by atoms with E-state index in [0.717, 1.165) is 19.4 Å². The molecule has 0 saturated carbocycles. The number of fused-ring (bicyclic) bond motifs is 1. The Morgan fingerprint density at radius 3 is 2.61 bits per heavy atom. The quantitative estimate of drug-likeness (QED) is 0.653. The lowest BCUT2D eigenvalue weighted by Gasteiger charge is -2.19. The normalized spacial score (nSPS) is 17.3. The average molecular weight is 439 g/mol. The molecule has 0 radical (unpaired) electrons. The predicted octanol–water partition coefficient (Wildman–Crippen LogP) is 2.76. The van der Waals surface area contributed by atoms with Gasteiger partial charge in [0.15, 0.2) is 0 Å². The summed E-state index contributed by atoms with van der Waals surface area (Å²) in [5.74, 6) is 0.450. The summed E-state index contributed by atoms with van der Waals surface area (Å²) >= 11 is 12.5. The van der Waals surface area contributed by atoms with Crippen molar-refractivity contribution < 1.29 is 8.42 Å². The number of halogens is 2. The molecule has 7 nitrogen and oxygen atoms in total. The molecule has 1 fully saturated rings. The molecule has 10 heteroatoms. The largest absolute Gasteiger partial charge is 0.307 e. The fourth-order valence-corrected chi connectivity index (χ4v) is 4.41. The summed E-state index contributed by atoms with van der Waals surface area (Å²) in [6, 6.07) is 8.82. The smallest absolute Gasteiger partial charge is 0.267 e. The van der Waals surface area contributed by atoms with Crippen molar-refractivity contribution in [3.63, 3.8) is 0 Å². The van der Waals surface area contributed by atoms with Crippen LogP contribution in [0.2, 0.25) is 10.0 Å². The molecular formula is C18H16Cl2N4O3S. The second kappa shape index (κ2) is 7.13. The van der Waals surface area contributed by atoms with Crippen LogP contribution >= 0.6 is 23.2 Å². The van der Waals surface area contributed by atoms with Crippen molar-refractivity contribution in [1.29, 1.82) is 0 Å². The van der Waals surface area contributed by atoms with Gasteiger partial charge in [0.25, 0.3) is 5.56 Å². The maximum Gasteiger partial charge on any atom is 0.267 e. The molecule has 0 amide bonds. The first-order valence-electron chi connectivity index (χ1n) is 8.54. The van der Waals surface area contributed by atoms with Gasteiger partial charge in [-0.3, -0.25) is 9.36 Å². The summed E-state index contributed by atoms with van der Waals surface area (Å²) in [6.45, 7) is 0.791. The molecule has 0 aliphatic carbocycles. The highest BCUT2D eigenvalue weighted by Gasteiger charge is 2.25. The SMILES string of the molecule is NS(=O)(=O)c1cccc(-n2c([C@@H]3CCCN3)nc3c(Cl)ccc(Cl)c3c2=O)c1. The van der Waals surface area contributed by atoms with Crippen LogP contribution in [-0.4, -0.2) is 24.5 Å². The van der Waals surface area contributed by atoms with E-state index in [1.54, 1.807) is 12.1 Å². The molecule has 1 atom stereocenters. The molecule has 3 N–H and O–H groups in total. The third kappa shape index (κ3) is 3.31. The maximum absolute atomic E-state index is 13.4. The predicted molar refractivity (Wildman–Crippen MR) is 109 cm³/mol. The van der Waals surface area contributed by atoms with Crippen molar-refractivity contribution in [2.45, 2.75) is 23.8 Å². The van der Waals surface area contributed by atoms with Gasteiger partial charge in [-0.05, 0) is 49.7 Å². The van der Waals surface area contributed by atoms with Gasteiger partial charge in [0.1, 0.15) is 5.82 Å². The number of hydrogen-bond acceptors (Lipinski definition) is 5. The van der Waals surface area contributed by atoms with Gasteiger partial charge >= 0.3 is 0 Å². The van der Waals surface area contributed by atoms with E-state index in [1.807, 2.05) is 0 Å². The molecule has 2 heterocycles. The van der Waals surface area contributed by atoms with Crippen LogP contribution < -0.4 is 16.0 Å². The number of nitrogens with two attached hydrogens (primary N) is 1. The topological polar surface area (TPSA) is 107 Å². The summed E-state index contributed by atoms with van der Waals surface area (Å²) in [5, 5.41) is 9.29. The minimum atomic E-state index is -3.93. The van der Waals surface area contributed by atoms with E-state index >= 15 is 0 Å². The molecular weight excluding hydrogens is 423 g/mol. The highest BCUT2D eigenvalue weighted by Crippen LogP contribution is 2.30. The molecule has 1 aliphatic heterocycles. The molecule has 1 aromatic heterocycles. The molecule has 1 saturated heterocycles. The number of rotatable bonds is 3. The molecule has 0 unspecified atom stereocenters.